The van der Waals surface area contributed by atoms with Gasteiger partial charge in [0.25, 0.3) is 5.91 Å². The maximum absolute atomic E-state index is 12.7. The third kappa shape index (κ3) is 2.80. The molecule has 130 valence electrons. The summed E-state index contributed by atoms with van der Waals surface area (Å²) < 4.78 is 4.72. The molecule has 0 bridgehead atoms. The van der Waals surface area contributed by atoms with Crippen LogP contribution in [0.15, 0.2) is 24.3 Å². The van der Waals surface area contributed by atoms with Gasteiger partial charge < -0.3 is 15.4 Å². The van der Waals surface area contributed by atoms with Crippen LogP contribution in [0.5, 0.6) is 0 Å². The van der Waals surface area contributed by atoms with Gasteiger partial charge in [0, 0.05) is 4.88 Å². The van der Waals surface area contributed by atoms with Gasteiger partial charge in [-0.3, -0.25) is 4.79 Å². The van der Waals surface area contributed by atoms with Crippen LogP contribution in [0.25, 0.3) is 0 Å². The SMILES string of the molecule is COC(=O)c1ccc([C@H]2NC(=O)c3c(sc4c3CC[C@H](C)C4)N2)cc1. The second kappa shape index (κ2) is 6.19. The minimum atomic E-state index is -0.366. The molecule has 1 aromatic heterocycles. The molecular weight excluding hydrogens is 336 g/mol. The van der Waals surface area contributed by atoms with Crippen LogP contribution >= 0.6 is 11.3 Å². The van der Waals surface area contributed by atoms with Crippen molar-refractivity contribution < 1.29 is 14.3 Å². The Bertz CT molecular complexity index is 841. The number of hydrogen-bond donors (Lipinski definition) is 2. The molecular formula is C19H20N2O3S. The molecule has 0 saturated heterocycles. The van der Waals surface area contributed by atoms with Crippen LogP contribution in [0.3, 0.4) is 0 Å². The summed E-state index contributed by atoms with van der Waals surface area (Å²) in [6.45, 7) is 2.26. The molecule has 2 atom stereocenters. The maximum atomic E-state index is 12.7. The van der Waals surface area contributed by atoms with Gasteiger partial charge >= 0.3 is 5.97 Å². The van der Waals surface area contributed by atoms with E-state index in [1.165, 1.54) is 17.6 Å². The molecule has 1 aliphatic heterocycles. The fraction of sp³-hybridized carbons (Fsp3) is 0.368. The van der Waals surface area contributed by atoms with Crippen LogP contribution in [-0.2, 0) is 17.6 Å². The molecule has 25 heavy (non-hydrogen) atoms. The Morgan fingerprint density at radius 3 is 2.72 bits per heavy atom. The predicted molar refractivity (Wildman–Crippen MR) is 97.1 cm³/mol. The van der Waals surface area contributed by atoms with Crippen molar-refractivity contribution in [3.05, 3.63) is 51.4 Å². The van der Waals surface area contributed by atoms with E-state index in [9.17, 15) is 9.59 Å². The highest BCUT2D eigenvalue weighted by molar-refractivity contribution is 7.16. The summed E-state index contributed by atoms with van der Waals surface area (Å²) in [5, 5.41) is 7.45. The monoisotopic (exact) mass is 356 g/mol. The van der Waals surface area contributed by atoms with Crippen LogP contribution in [0.1, 0.15) is 56.2 Å². The highest BCUT2D eigenvalue weighted by Crippen LogP contribution is 2.42. The summed E-state index contributed by atoms with van der Waals surface area (Å²) in [7, 11) is 1.36. The lowest BCUT2D eigenvalue weighted by Crippen LogP contribution is -2.38. The quantitative estimate of drug-likeness (QED) is 0.808. The standard InChI is InChI=1S/C19H20N2O3S/c1-10-3-8-13-14(9-10)25-18-15(13)17(22)20-16(21-18)11-4-6-12(7-5-11)19(23)24-2/h4-7,10,16,21H,3,8-9H2,1-2H3,(H,20,22)/t10-,16-/m0/s1. The van der Waals surface area contributed by atoms with Gasteiger partial charge in [0.2, 0.25) is 0 Å². The average Bonchev–Trinajstić information content (AvgIpc) is 2.98. The van der Waals surface area contributed by atoms with E-state index in [0.717, 1.165) is 35.4 Å². The van der Waals surface area contributed by atoms with Crippen LogP contribution in [0, 0.1) is 5.92 Å². The topological polar surface area (TPSA) is 67.4 Å². The molecule has 1 amide bonds. The molecule has 2 aliphatic rings. The van der Waals surface area contributed by atoms with Crippen molar-refractivity contribution in [1.82, 2.24) is 5.32 Å². The van der Waals surface area contributed by atoms with Crippen molar-refractivity contribution in [3.63, 3.8) is 0 Å². The number of anilines is 1. The first-order valence-corrected chi connectivity index (χ1v) is 9.28. The number of fused-ring (bicyclic) bond motifs is 3. The van der Waals surface area contributed by atoms with Gasteiger partial charge in [-0.1, -0.05) is 19.1 Å². The number of benzene rings is 1. The summed E-state index contributed by atoms with van der Waals surface area (Å²) >= 11 is 1.71. The lowest BCUT2D eigenvalue weighted by molar-refractivity contribution is 0.0600. The first-order chi connectivity index (χ1) is 12.1. The third-order valence-corrected chi connectivity index (χ3v) is 6.14. The maximum Gasteiger partial charge on any atom is 0.337 e. The summed E-state index contributed by atoms with van der Waals surface area (Å²) in [6.07, 6.45) is 2.89. The summed E-state index contributed by atoms with van der Waals surface area (Å²) in [5.74, 6) is 0.301. The molecule has 1 aromatic carbocycles. The van der Waals surface area contributed by atoms with Crippen LogP contribution < -0.4 is 10.6 Å². The van der Waals surface area contributed by atoms with Gasteiger partial charge in [-0.15, -0.1) is 11.3 Å². The number of carbonyl (C=O) groups is 2. The summed E-state index contributed by atoms with van der Waals surface area (Å²) in [5.41, 5.74) is 3.46. The molecule has 1 aliphatic carbocycles. The van der Waals surface area contributed by atoms with E-state index in [-0.39, 0.29) is 18.0 Å². The first kappa shape index (κ1) is 16.1. The first-order valence-electron chi connectivity index (χ1n) is 8.47. The van der Waals surface area contributed by atoms with E-state index in [1.54, 1.807) is 23.5 Å². The Balaban J connectivity index is 1.61. The van der Waals surface area contributed by atoms with Gasteiger partial charge in [0.1, 0.15) is 11.2 Å². The molecule has 6 heteroatoms. The highest BCUT2D eigenvalue weighted by Gasteiger charge is 2.33. The smallest absolute Gasteiger partial charge is 0.337 e. The fourth-order valence-electron chi connectivity index (χ4n) is 3.56. The van der Waals surface area contributed by atoms with Crippen molar-refractivity contribution in [2.75, 3.05) is 12.4 Å². The number of rotatable bonds is 2. The number of carbonyl (C=O) groups excluding carboxylic acids is 2. The Morgan fingerprint density at radius 2 is 2.00 bits per heavy atom. The number of hydrogen-bond acceptors (Lipinski definition) is 5. The lowest BCUT2D eigenvalue weighted by Gasteiger charge is -2.27. The number of ether oxygens (including phenoxy) is 1. The second-order valence-electron chi connectivity index (χ2n) is 6.72. The molecule has 5 nitrogen and oxygen atoms in total. The van der Waals surface area contributed by atoms with Crippen LogP contribution in [-0.4, -0.2) is 19.0 Å². The van der Waals surface area contributed by atoms with Gasteiger partial charge in [-0.25, -0.2) is 4.79 Å². The fourth-order valence-corrected chi connectivity index (χ4v) is 5.00. The number of nitrogens with one attached hydrogen (secondary N) is 2. The van der Waals surface area contributed by atoms with E-state index in [1.807, 2.05) is 12.1 Å². The lowest BCUT2D eigenvalue weighted by atomic mass is 9.88. The minimum Gasteiger partial charge on any atom is -0.465 e. The second-order valence-corrected chi connectivity index (χ2v) is 7.83. The Morgan fingerprint density at radius 1 is 1.24 bits per heavy atom. The van der Waals surface area contributed by atoms with E-state index < -0.39 is 0 Å². The van der Waals surface area contributed by atoms with Crippen molar-refractivity contribution in [2.45, 2.75) is 32.4 Å². The highest BCUT2D eigenvalue weighted by atomic mass is 32.1. The van der Waals surface area contributed by atoms with E-state index in [4.69, 9.17) is 4.74 Å². The molecule has 2 N–H and O–H groups in total. The molecule has 0 spiro atoms. The van der Waals surface area contributed by atoms with E-state index in [2.05, 4.69) is 17.6 Å². The Hall–Kier alpha value is -2.34. The Labute approximate surface area is 150 Å². The number of thiophene rings is 1. The van der Waals surface area contributed by atoms with Crippen molar-refractivity contribution in [3.8, 4) is 0 Å². The van der Waals surface area contributed by atoms with Gasteiger partial charge in [0.05, 0.1) is 18.2 Å². The number of esters is 1. The van der Waals surface area contributed by atoms with Crippen molar-refractivity contribution in [2.24, 2.45) is 5.92 Å². The summed E-state index contributed by atoms with van der Waals surface area (Å²) in [4.78, 5) is 25.6. The van der Waals surface area contributed by atoms with E-state index in [0.29, 0.717) is 11.5 Å². The minimum absolute atomic E-state index is 0.0113. The zero-order valence-electron chi connectivity index (χ0n) is 14.2. The predicted octanol–water partition coefficient (Wildman–Crippen LogP) is 3.51. The zero-order chi connectivity index (χ0) is 17.6. The molecule has 0 fully saturated rings. The Kier molecular flexibility index (Phi) is 4.00. The van der Waals surface area contributed by atoms with Crippen LogP contribution in [0.4, 0.5) is 5.00 Å². The van der Waals surface area contributed by atoms with Gasteiger partial charge in [-0.05, 0) is 48.4 Å². The zero-order valence-corrected chi connectivity index (χ0v) is 15.0. The number of methoxy groups -OCH3 is 1. The third-order valence-electron chi connectivity index (χ3n) is 4.95. The van der Waals surface area contributed by atoms with Crippen molar-refractivity contribution in [1.29, 1.82) is 0 Å². The molecule has 2 heterocycles. The van der Waals surface area contributed by atoms with E-state index >= 15 is 0 Å². The molecule has 2 aromatic rings. The van der Waals surface area contributed by atoms with Crippen LogP contribution in [0.2, 0.25) is 0 Å². The van der Waals surface area contributed by atoms with Gasteiger partial charge in [-0.2, -0.15) is 0 Å². The molecule has 0 unspecified atom stereocenters. The summed E-state index contributed by atoms with van der Waals surface area (Å²) in [6, 6.07) is 7.10. The number of amides is 1. The van der Waals surface area contributed by atoms with Gasteiger partial charge in [0.15, 0.2) is 0 Å². The molecule has 0 radical (unpaired) electrons. The average molecular weight is 356 g/mol. The van der Waals surface area contributed by atoms with Crippen molar-refractivity contribution >= 4 is 28.2 Å². The largest absolute Gasteiger partial charge is 0.465 e. The molecule has 0 saturated carbocycles. The molecule has 4 rings (SSSR count). The normalized spacial score (nSPS) is 21.6.